The standard InChI is InChI=1S/C40H28N2O2/c41-34(15-8-7-12-26-10-3-1-4-11-26)28-18-20-37-30(22-28)32-24-33-31-23-29(19-21-38(31)44-40(33)25-39(32)43-37)36-17-9-16-35(42-36)27-13-5-2-6-14-27/h1-11,13-25H,12,41H2/b8-7-,34-15-. The second kappa shape index (κ2) is 10.8. The lowest BCUT2D eigenvalue weighted by molar-refractivity contribution is 0.656. The van der Waals surface area contributed by atoms with Gasteiger partial charge in [0, 0.05) is 44.4 Å². The number of hydrogen-bond donors (Lipinski definition) is 1. The molecule has 3 heterocycles. The second-order valence-electron chi connectivity index (χ2n) is 11.0. The van der Waals surface area contributed by atoms with Crippen LogP contribution in [0.4, 0.5) is 0 Å². The molecule has 0 saturated carbocycles. The van der Waals surface area contributed by atoms with E-state index in [9.17, 15) is 0 Å². The number of nitrogens with zero attached hydrogens (tertiary/aromatic N) is 1. The normalized spacial score (nSPS) is 12.3. The molecule has 8 aromatic rings. The van der Waals surface area contributed by atoms with Gasteiger partial charge in [0.05, 0.1) is 11.4 Å². The molecule has 44 heavy (non-hydrogen) atoms. The SMILES string of the molecule is N/C(=C\C=C/Cc1ccccc1)c1ccc2oc3cc4oc5ccc(-c6cccc(-c7ccccc7)n6)cc5c4cc3c2c1. The van der Waals surface area contributed by atoms with Gasteiger partial charge < -0.3 is 14.6 Å². The Bertz CT molecular complexity index is 2360. The quantitative estimate of drug-likeness (QED) is 0.203. The van der Waals surface area contributed by atoms with E-state index in [4.69, 9.17) is 19.6 Å². The van der Waals surface area contributed by atoms with E-state index in [1.54, 1.807) is 0 Å². The van der Waals surface area contributed by atoms with Crippen molar-refractivity contribution in [3.8, 4) is 22.5 Å². The number of aromatic nitrogens is 1. The third-order valence-corrected chi connectivity index (χ3v) is 8.12. The smallest absolute Gasteiger partial charge is 0.139 e. The number of fused-ring (bicyclic) bond motifs is 6. The van der Waals surface area contributed by atoms with Crippen LogP contribution in [0, 0.1) is 0 Å². The van der Waals surface area contributed by atoms with Crippen molar-refractivity contribution < 1.29 is 8.83 Å². The van der Waals surface area contributed by atoms with Gasteiger partial charge in [0.25, 0.3) is 0 Å². The van der Waals surface area contributed by atoms with Crippen molar-refractivity contribution in [2.45, 2.75) is 6.42 Å². The molecule has 0 atom stereocenters. The summed E-state index contributed by atoms with van der Waals surface area (Å²) in [4.78, 5) is 4.97. The molecule has 0 saturated heterocycles. The molecule has 4 heteroatoms. The molecule has 0 bridgehead atoms. The maximum Gasteiger partial charge on any atom is 0.139 e. The molecule has 2 N–H and O–H groups in total. The van der Waals surface area contributed by atoms with Gasteiger partial charge in [-0.3, -0.25) is 0 Å². The summed E-state index contributed by atoms with van der Waals surface area (Å²) in [6, 6.07) is 43.3. The van der Waals surface area contributed by atoms with Crippen molar-refractivity contribution >= 4 is 49.6 Å². The minimum atomic E-state index is 0.704. The van der Waals surface area contributed by atoms with Gasteiger partial charge in [-0.1, -0.05) is 78.9 Å². The van der Waals surface area contributed by atoms with Gasteiger partial charge in [0.15, 0.2) is 0 Å². The molecule has 4 nitrogen and oxygen atoms in total. The zero-order valence-electron chi connectivity index (χ0n) is 23.9. The lowest BCUT2D eigenvalue weighted by atomic mass is 10.0. The van der Waals surface area contributed by atoms with Crippen molar-refractivity contribution in [3.05, 3.63) is 157 Å². The lowest BCUT2D eigenvalue weighted by Crippen LogP contribution is -1.95. The van der Waals surface area contributed by atoms with Crippen LogP contribution in [0.2, 0.25) is 0 Å². The fraction of sp³-hybridized carbons (Fsp3) is 0.0250. The van der Waals surface area contributed by atoms with Crippen LogP contribution in [0.1, 0.15) is 11.1 Å². The highest BCUT2D eigenvalue weighted by atomic mass is 16.3. The van der Waals surface area contributed by atoms with Gasteiger partial charge in [-0.05, 0) is 78.2 Å². The van der Waals surface area contributed by atoms with E-state index < -0.39 is 0 Å². The van der Waals surface area contributed by atoms with E-state index in [1.165, 1.54) is 5.56 Å². The topological polar surface area (TPSA) is 65.2 Å². The highest BCUT2D eigenvalue weighted by molar-refractivity contribution is 6.15. The molecular formula is C40H28N2O2. The van der Waals surface area contributed by atoms with Crippen LogP contribution in [0.3, 0.4) is 0 Å². The van der Waals surface area contributed by atoms with Gasteiger partial charge in [-0.2, -0.15) is 0 Å². The molecule has 0 aliphatic rings. The number of allylic oxidation sites excluding steroid dienone is 3. The van der Waals surface area contributed by atoms with Crippen LogP contribution < -0.4 is 5.73 Å². The summed E-state index contributed by atoms with van der Waals surface area (Å²) in [5.41, 5.74) is 16.6. The van der Waals surface area contributed by atoms with E-state index in [2.05, 4.69) is 72.8 Å². The first-order chi connectivity index (χ1) is 21.7. The Kier molecular flexibility index (Phi) is 6.31. The summed E-state index contributed by atoms with van der Waals surface area (Å²) in [5, 5.41) is 4.12. The fourth-order valence-electron chi connectivity index (χ4n) is 5.84. The minimum absolute atomic E-state index is 0.704. The van der Waals surface area contributed by atoms with Gasteiger partial charge >= 0.3 is 0 Å². The first-order valence-electron chi connectivity index (χ1n) is 14.7. The average Bonchev–Trinajstić information content (AvgIpc) is 3.62. The maximum absolute atomic E-state index is 6.50. The van der Waals surface area contributed by atoms with E-state index >= 15 is 0 Å². The molecule has 8 rings (SSSR count). The molecule has 0 radical (unpaired) electrons. The minimum Gasteiger partial charge on any atom is -0.456 e. The van der Waals surface area contributed by atoms with Crippen LogP contribution in [-0.2, 0) is 6.42 Å². The number of hydrogen-bond acceptors (Lipinski definition) is 4. The Hall–Kier alpha value is -5.87. The Morgan fingerprint density at radius 1 is 0.568 bits per heavy atom. The Labute approximate surface area is 254 Å². The zero-order chi connectivity index (χ0) is 29.5. The summed E-state index contributed by atoms with van der Waals surface area (Å²) in [7, 11) is 0. The van der Waals surface area contributed by atoms with E-state index in [1.807, 2.05) is 72.8 Å². The zero-order valence-corrected chi connectivity index (χ0v) is 23.9. The van der Waals surface area contributed by atoms with Crippen molar-refractivity contribution in [1.82, 2.24) is 4.98 Å². The molecule has 5 aromatic carbocycles. The molecule has 3 aromatic heterocycles. The predicted molar refractivity (Wildman–Crippen MR) is 181 cm³/mol. The predicted octanol–water partition coefficient (Wildman–Crippen LogP) is 10.3. The molecule has 0 unspecified atom stereocenters. The van der Waals surface area contributed by atoms with Gasteiger partial charge in [0.1, 0.15) is 22.3 Å². The molecule has 0 spiro atoms. The van der Waals surface area contributed by atoms with Crippen molar-refractivity contribution in [2.75, 3.05) is 0 Å². The summed E-state index contributed by atoms with van der Waals surface area (Å²) < 4.78 is 12.5. The summed E-state index contributed by atoms with van der Waals surface area (Å²) in [6.45, 7) is 0. The fourth-order valence-corrected chi connectivity index (χ4v) is 5.84. The summed E-state index contributed by atoms with van der Waals surface area (Å²) in [6.07, 6.45) is 6.96. The van der Waals surface area contributed by atoms with Crippen LogP contribution in [0.15, 0.2) is 154 Å². The Morgan fingerprint density at radius 3 is 1.95 bits per heavy atom. The number of nitrogens with two attached hydrogens (primary N) is 1. The van der Waals surface area contributed by atoms with Gasteiger partial charge in [0.2, 0.25) is 0 Å². The van der Waals surface area contributed by atoms with E-state index in [0.717, 1.165) is 78.4 Å². The third kappa shape index (κ3) is 4.73. The molecule has 0 amide bonds. The van der Waals surface area contributed by atoms with Crippen molar-refractivity contribution in [3.63, 3.8) is 0 Å². The highest BCUT2D eigenvalue weighted by Gasteiger charge is 2.15. The lowest BCUT2D eigenvalue weighted by Gasteiger charge is -2.05. The maximum atomic E-state index is 6.50. The average molecular weight is 569 g/mol. The molecule has 0 aliphatic carbocycles. The summed E-state index contributed by atoms with van der Waals surface area (Å²) in [5.74, 6) is 0. The third-order valence-electron chi connectivity index (χ3n) is 8.12. The molecular weight excluding hydrogens is 540 g/mol. The molecule has 210 valence electrons. The highest BCUT2D eigenvalue weighted by Crippen LogP contribution is 2.38. The van der Waals surface area contributed by atoms with E-state index in [-0.39, 0.29) is 0 Å². The number of benzene rings is 5. The summed E-state index contributed by atoms with van der Waals surface area (Å²) >= 11 is 0. The Balaban J connectivity index is 1.17. The number of rotatable bonds is 6. The molecule has 0 fully saturated rings. The molecule has 0 aliphatic heterocycles. The van der Waals surface area contributed by atoms with Crippen molar-refractivity contribution in [2.24, 2.45) is 5.73 Å². The Morgan fingerprint density at radius 2 is 1.20 bits per heavy atom. The van der Waals surface area contributed by atoms with Crippen LogP contribution in [-0.4, -0.2) is 4.98 Å². The van der Waals surface area contributed by atoms with Crippen LogP contribution >= 0.6 is 0 Å². The first-order valence-corrected chi connectivity index (χ1v) is 14.7. The van der Waals surface area contributed by atoms with Crippen LogP contribution in [0.5, 0.6) is 0 Å². The first kappa shape index (κ1) is 25.8. The monoisotopic (exact) mass is 568 g/mol. The van der Waals surface area contributed by atoms with E-state index in [0.29, 0.717) is 5.70 Å². The van der Waals surface area contributed by atoms with Crippen molar-refractivity contribution in [1.29, 1.82) is 0 Å². The largest absolute Gasteiger partial charge is 0.456 e. The number of furan rings is 2. The van der Waals surface area contributed by atoms with Gasteiger partial charge in [-0.25, -0.2) is 4.98 Å². The van der Waals surface area contributed by atoms with Gasteiger partial charge in [-0.15, -0.1) is 0 Å². The second-order valence-corrected chi connectivity index (χ2v) is 11.0. The van der Waals surface area contributed by atoms with Crippen LogP contribution in [0.25, 0.3) is 72.1 Å². The number of pyridine rings is 1.